The molecule has 23 N–H and O–H groups in total. The number of aliphatic imine (C=N–C) groups is 1. The van der Waals surface area contributed by atoms with Crippen molar-refractivity contribution in [2.45, 2.75) is 186 Å². The molecule has 11 amide bonds. The van der Waals surface area contributed by atoms with Gasteiger partial charge in [-0.1, -0.05) is 104 Å². The Morgan fingerprint density at radius 3 is 1.78 bits per heavy atom. The fraction of sp³-hybridized carbons (Fsp3) is 0.590. The molecule has 15 atom stereocenters. The van der Waals surface area contributed by atoms with Crippen molar-refractivity contribution in [2.75, 3.05) is 19.7 Å². The molecule has 2 aromatic carbocycles. The van der Waals surface area contributed by atoms with Crippen LogP contribution in [0.25, 0.3) is 0 Å². The lowest BCUT2D eigenvalue weighted by Crippen LogP contribution is -2.64. The number of guanidine groups is 1. The first-order chi connectivity index (χ1) is 44.1. The van der Waals surface area contributed by atoms with Gasteiger partial charge in [0, 0.05) is 6.54 Å². The lowest BCUT2D eigenvalue weighted by Gasteiger charge is -2.33. The number of hydrogen-bond donors (Lipinski definition) is 19. The number of primary amides is 1. The molecule has 3 rings (SSSR count). The number of nitrogens with one attached hydrogen (secondary N) is 10. The predicted octanol–water partition coefficient (Wildman–Crippen LogP) is -5.53. The standard InChI is InChI=1S/C61H95N15O18/c1-10-31(8)42-56(89)74-43(32(9)78)55(88)67-26-41(80)72-45(48(82)50(63)83)58(91)71-40(27-77)60(93)94-49(34-15-12-11-13-16-34)46(76-54(87)39(24-29(4)5)69-51(84)36(62)25-33-18-20-35(79)21-19-33)59(92)75-44(47(81)30(6)7)57(90)70-38(23-28(2)3)53(86)68-37(52(85)73-42)17-14-22-66-61(64)65/h11-13,15-16,18-21,28-32,36-40,42-49,77-79,81-82H,10,14,17,22-27,62H2,1-9H3,(H2,63,83)(H,67,88)(H,68,86)(H,69,84)(H,70,90)(H,71,91)(H,72,80)(H,73,85)(H,74,89)(H,75,92)(H,76,87)(H4,64,65,66)/t31-,32-,36+,37+,38-,39+,40-,42?,43?,44-,45-,46-,47+,48-,49+/m0/s1. The molecule has 33 heteroatoms. The number of nitrogens with zero attached hydrogens (tertiary/aromatic N) is 1. The Balaban J connectivity index is 2.40. The van der Waals surface area contributed by atoms with Crippen LogP contribution in [0, 0.1) is 23.7 Å². The van der Waals surface area contributed by atoms with Crippen LogP contribution in [0.3, 0.4) is 0 Å². The first kappa shape index (κ1) is 79.2. The van der Waals surface area contributed by atoms with Gasteiger partial charge in [0.1, 0.15) is 54.1 Å². The molecule has 94 heavy (non-hydrogen) atoms. The fourth-order valence-corrected chi connectivity index (χ4v) is 9.61. The second-order valence-electron chi connectivity index (χ2n) is 24.3. The summed E-state index contributed by atoms with van der Waals surface area (Å²) in [4.78, 5) is 175. The third kappa shape index (κ3) is 25.1. The van der Waals surface area contributed by atoms with Gasteiger partial charge in [-0.15, -0.1) is 0 Å². The van der Waals surface area contributed by atoms with Crippen LogP contribution in [0.15, 0.2) is 59.6 Å². The largest absolute Gasteiger partial charge is 0.508 e. The third-order valence-corrected chi connectivity index (χ3v) is 15.1. The Kier molecular flexibility index (Phi) is 32.2. The molecule has 2 unspecified atom stereocenters. The highest BCUT2D eigenvalue weighted by molar-refractivity contribution is 6.00. The van der Waals surface area contributed by atoms with Crippen molar-refractivity contribution in [3.63, 3.8) is 0 Å². The van der Waals surface area contributed by atoms with Gasteiger partial charge in [-0.3, -0.25) is 57.7 Å². The van der Waals surface area contributed by atoms with E-state index in [0.717, 1.165) is 6.92 Å². The number of ether oxygens (including phenoxy) is 1. The zero-order valence-electron chi connectivity index (χ0n) is 54.3. The summed E-state index contributed by atoms with van der Waals surface area (Å²) in [5.41, 5.74) is 23.2. The number of cyclic esters (lactones) is 1. The molecule has 0 aliphatic carbocycles. The number of hydrogen-bond acceptors (Lipinski definition) is 20. The van der Waals surface area contributed by atoms with E-state index >= 15 is 4.79 Å². The second kappa shape index (κ2) is 38.2. The number of carbonyl (C=O) groups is 12. The number of esters is 1. The molecule has 1 heterocycles. The number of phenolic OH excluding ortho intramolecular Hbond substituents is 1. The van der Waals surface area contributed by atoms with Crippen LogP contribution in [0.1, 0.15) is 112 Å². The van der Waals surface area contributed by atoms with E-state index < -0.39 is 187 Å². The summed E-state index contributed by atoms with van der Waals surface area (Å²) in [7, 11) is 0. The van der Waals surface area contributed by atoms with Crippen LogP contribution < -0.4 is 76.1 Å². The Bertz CT molecular complexity index is 2950. The van der Waals surface area contributed by atoms with Gasteiger partial charge in [0.25, 0.3) is 0 Å². The monoisotopic (exact) mass is 1330 g/mol. The van der Waals surface area contributed by atoms with Gasteiger partial charge >= 0.3 is 5.97 Å². The fourth-order valence-electron chi connectivity index (χ4n) is 9.61. The van der Waals surface area contributed by atoms with Crippen LogP contribution in [0.5, 0.6) is 5.75 Å². The van der Waals surface area contributed by atoms with Crippen molar-refractivity contribution >= 4 is 76.9 Å². The summed E-state index contributed by atoms with van der Waals surface area (Å²) >= 11 is 0. The van der Waals surface area contributed by atoms with E-state index in [9.17, 15) is 78.3 Å². The normalized spacial score (nSPS) is 24.1. The number of aromatic hydroxyl groups is 1. The van der Waals surface area contributed by atoms with E-state index in [1.807, 2.05) is 10.6 Å². The highest BCUT2D eigenvalue weighted by Crippen LogP contribution is 2.25. The van der Waals surface area contributed by atoms with Crippen LogP contribution >= 0.6 is 0 Å². The Morgan fingerprint density at radius 1 is 0.660 bits per heavy atom. The van der Waals surface area contributed by atoms with Gasteiger partial charge in [0.15, 0.2) is 24.2 Å². The number of carbonyl (C=O) groups excluding carboxylic acids is 12. The Morgan fingerprint density at radius 2 is 1.22 bits per heavy atom. The molecule has 1 aliphatic rings. The third-order valence-electron chi connectivity index (χ3n) is 15.1. The summed E-state index contributed by atoms with van der Waals surface area (Å²) in [5.74, 6) is -17.6. The first-order valence-corrected chi connectivity index (χ1v) is 30.9. The Labute approximate surface area is 544 Å². The minimum atomic E-state index is -2.59. The highest BCUT2D eigenvalue weighted by atomic mass is 16.5. The highest BCUT2D eigenvalue weighted by Gasteiger charge is 2.44. The Hall–Kier alpha value is -9.05. The van der Waals surface area contributed by atoms with Crippen molar-refractivity contribution in [1.82, 2.24) is 53.2 Å². The molecule has 0 saturated carbocycles. The van der Waals surface area contributed by atoms with Gasteiger partial charge in [-0.25, -0.2) is 4.79 Å². The van der Waals surface area contributed by atoms with Crippen LogP contribution in [-0.4, -0.2) is 201 Å². The summed E-state index contributed by atoms with van der Waals surface area (Å²) in [6, 6.07) is -5.45. The van der Waals surface area contributed by atoms with E-state index in [1.165, 1.54) is 68.4 Å². The zero-order chi connectivity index (χ0) is 70.8. The molecule has 522 valence electrons. The van der Waals surface area contributed by atoms with E-state index in [4.69, 9.17) is 27.7 Å². The van der Waals surface area contributed by atoms with Gasteiger partial charge in [0.2, 0.25) is 65.0 Å². The maximum Gasteiger partial charge on any atom is 0.331 e. The summed E-state index contributed by atoms with van der Waals surface area (Å²) < 4.78 is 5.93. The number of aliphatic hydroxyl groups excluding tert-OH is 4. The molecule has 0 aromatic heterocycles. The average molecular weight is 1330 g/mol. The minimum Gasteiger partial charge on any atom is -0.508 e. The van der Waals surface area contributed by atoms with Gasteiger partial charge < -0.3 is 106 Å². The molecule has 0 spiro atoms. The van der Waals surface area contributed by atoms with Crippen molar-refractivity contribution < 1.29 is 87.8 Å². The first-order valence-electron chi connectivity index (χ1n) is 30.9. The van der Waals surface area contributed by atoms with Crippen molar-refractivity contribution in [3.05, 3.63) is 65.7 Å². The number of nitrogens with two attached hydrogens (primary N) is 4. The summed E-state index contributed by atoms with van der Waals surface area (Å²) in [6.45, 7) is 11.6. The molecule has 1 aliphatic heterocycles. The number of phenols is 1. The molecular weight excluding hydrogens is 1230 g/mol. The van der Waals surface area contributed by atoms with Crippen LogP contribution in [0.4, 0.5) is 0 Å². The average Bonchev–Trinajstić information content (AvgIpc) is 0.822. The van der Waals surface area contributed by atoms with E-state index in [1.54, 1.807) is 41.5 Å². The lowest BCUT2D eigenvalue weighted by atomic mass is 9.95. The van der Waals surface area contributed by atoms with Crippen LogP contribution in [0.2, 0.25) is 0 Å². The van der Waals surface area contributed by atoms with Gasteiger partial charge in [-0.2, -0.15) is 0 Å². The summed E-state index contributed by atoms with van der Waals surface area (Å²) in [6.07, 6.45) is -8.51. The summed E-state index contributed by atoms with van der Waals surface area (Å²) in [5, 5.41) is 77.9. The number of aliphatic hydroxyl groups is 4. The number of amides is 11. The molecular formula is C61H95N15O18. The van der Waals surface area contributed by atoms with E-state index in [-0.39, 0.29) is 68.3 Å². The second-order valence-corrected chi connectivity index (χ2v) is 24.3. The van der Waals surface area contributed by atoms with Crippen molar-refractivity contribution in [3.8, 4) is 5.75 Å². The van der Waals surface area contributed by atoms with Crippen LogP contribution in [-0.2, 0) is 68.7 Å². The molecule has 0 radical (unpaired) electrons. The SMILES string of the molecule is CC[C@H](C)C1NC(=O)[C@@H](CCCN=C(N)N)NC(=O)[C@H](CC(C)C)NC(=O)[C@H]([C@H](O)C(C)C)NC(=O)[C@@H](NC(=O)[C@@H](CC(C)C)NC(=O)[C@H](N)Cc2ccc(O)cc2)[C@@H](c2ccccc2)OC(=O)[C@H](CO)NC(=O)[C@H]([C@H](O)C(N)=O)NC(=O)CNC(=O)C([C@H](C)O)NC1=O. The number of rotatable bonds is 23. The van der Waals surface area contributed by atoms with Crippen molar-refractivity contribution in [1.29, 1.82) is 0 Å². The predicted molar refractivity (Wildman–Crippen MR) is 339 cm³/mol. The van der Waals surface area contributed by atoms with Crippen molar-refractivity contribution in [2.24, 2.45) is 51.6 Å². The quantitative estimate of drug-likeness (QED) is 0.0214. The molecule has 1 fully saturated rings. The molecule has 33 nitrogen and oxygen atoms in total. The maximum atomic E-state index is 15.4. The number of benzene rings is 2. The smallest absolute Gasteiger partial charge is 0.331 e. The maximum absolute atomic E-state index is 15.4. The molecule has 2 aromatic rings. The minimum absolute atomic E-state index is 0.0356. The topological polar surface area (TPSA) is 552 Å². The van der Waals surface area contributed by atoms with Gasteiger partial charge in [-0.05, 0) is 86.0 Å². The lowest BCUT2D eigenvalue weighted by molar-refractivity contribution is -0.159. The molecule has 1 saturated heterocycles. The van der Waals surface area contributed by atoms with E-state index in [2.05, 4.69) is 47.5 Å². The van der Waals surface area contributed by atoms with Gasteiger partial charge in [0.05, 0.1) is 31.4 Å². The van der Waals surface area contributed by atoms with E-state index in [0.29, 0.717) is 5.56 Å². The zero-order valence-corrected chi connectivity index (χ0v) is 54.3. The molecule has 0 bridgehead atoms.